The fourth-order valence-corrected chi connectivity index (χ4v) is 2.78. The van der Waals surface area contributed by atoms with Crippen molar-refractivity contribution in [1.29, 1.82) is 0 Å². The maximum Gasteiger partial charge on any atom is 0.255 e. The topological polar surface area (TPSA) is 58.2 Å². The second-order valence-corrected chi connectivity index (χ2v) is 6.58. The third-order valence-corrected chi connectivity index (χ3v) is 4.38. The predicted octanol–water partition coefficient (Wildman–Crippen LogP) is 4.70. The van der Waals surface area contributed by atoms with E-state index in [0.717, 1.165) is 0 Å². The van der Waals surface area contributed by atoms with Crippen molar-refractivity contribution in [2.24, 2.45) is 0 Å². The number of amides is 2. The zero-order valence-corrected chi connectivity index (χ0v) is 15.7. The van der Waals surface area contributed by atoms with Crippen LogP contribution in [0.25, 0.3) is 0 Å². The van der Waals surface area contributed by atoms with Gasteiger partial charge in [0, 0.05) is 28.4 Å². The van der Waals surface area contributed by atoms with Gasteiger partial charge in [-0.2, -0.15) is 0 Å². The maximum atomic E-state index is 13.6. The smallest absolute Gasteiger partial charge is 0.255 e. The van der Waals surface area contributed by atoms with Crippen LogP contribution in [0.4, 0.5) is 10.1 Å². The first kappa shape index (κ1) is 19.6. The highest BCUT2D eigenvalue weighted by molar-refractivity contribution is 6.30. The Morgan fingerprint density at radius 2 is 1.54 bits per heavy atom. The summed E-state index contributed by atoms with van der Waals surface area (Å²) < 4.78 is 13.6. The van der Waals surface area contributed by atoms with Crippen molar-refractivity contribution in [3.05, 3.63) is 100 Å². The lowest BCUT2D eigenvalue weighted by atomic mass is 10.1. The molecule has 0 aromatic heterocycles. The van der Waals surface area contributed by atoms with Gasteiger partial charge in [-0.1, -0.05) is 35.9 Å². The predicted molar refractivity (Wildman–Crippen MR) is 108 cm³/mol. The Bertz CT molecular complexity index is 990. The average molecular weight is 397 g/mol. The molecule has 0 radical (unpaired) electrons. The molecule has 0 bridgehead atoms. The molecule has 0 unspecified atom stereocenters. The SMILES string of the molecule is O=C(NCCc1ccccc1F)c1cccc(C(=O)Nc2ccc(Cl)cc2)c1. The summed E-state index contributed by atoms with van der Waals surface area (Å²) in [6.07, 6.45) is 0.384. The number of halogens is 2. The minimum absolute atomic E-state index is 0.293. The molecular weight excluding hydrogens is 379 g/mol. The van der Waals surface area contributed by atoms with Crippen LogP contribution in [0.15, 0.2) is 72.8 Å². The van der Waals surface area contributed by atoms with Gasteiger partial charge in [-0.15, -0.1) is 0 Å². The molecule has 0 saturated heterocycles. The highest BCUT2D eigenvalue weighted by atomic mass is 35.5. The minimum Gasteiger partial charge on any atom is -0.352 e. The number of benzene rings is 3. The molecule has 0 fully saturated rings. The van der Waals surface area contributed by atoms with Gasteiger partial charge < -0.3 is 10.6 Å². The maximum absolute atomic E-state index is 13.6. The third-order valence-electron chi connectivity index (χ3n) is 4.13. The molecular formula is C22H18ClFN2O2. The number of rotatable bonds is 6. The van der Waals surface area contributed by atoms with Gasteiger partial charge in [0.25, 0.3) is 11.8 Å². The van der Waals surface area contributed by atoms with Crippen LogP contribution in [-0.2, 0) is 6.42 Å². The van der Waals surface area contributed by atoms with Crippen molar-refractivity contribution in [2.45, 2.75) is 6.42 Å². The number of carbonyl (C=O) groups excluding carboxylic acids is 2. The number of nitrogens with one attached hydrogen (secondary N) is 2. The number of hydrogen-bond donors (Lipinski definition) is 2. The fraction of sp³-hybridized carbons (Fsp3) is 0.0909. The number of hydrogen-bond acceptors (Lipinski definition) is 2. The molecule has 0 aliphatic carbocycles. The summed E-state index contributed by atoms with van der Waals surface area (Å²) in [6, 6.07) is 19.6. The van der Waals surface area contributed by atoms with E-state index in [1.807, 2.05) is 0 Å². The molecule has 3 aromatic rings. The van der Waals surface area contributed by atoms with Crippen molar-refractivity contribution >= 4 is 29.1 Å². The zero-order valence-electron chi connectivity index (χ0n) is 14.9. The summed E-state index contributed by atoms with van der Waals surface area (Å²) in [7, 11) is 0. The first-order valence-electron chi connectivity index (χ1n) is 8.71. The summed E-state index contributed by atoms with van der Waals surface area (Å²) in [6.45, 7) is 0.293. The van der Waals surface area contributed by atoms with E-state index in [1.54, 1.807) is 60.7 Å². The molecule has 0 atom stereocenters. The summed E-state index contributed by atoms with van der Waals surface area (Å²) in [5.74, 6) is -0.946. The molecule has 3 rings (SSSR count). The van der Waals surface area contributed by atoms with E-state index in [9.17, 15) is 14.0 Å². The molecule has 4 nitrogen and oxygen atoms in total. The third kappa shape index (κ3) is 5.18. The lowest BCUT2D eigenvalue weighted by molar-refractivity contribution is 0.0954. The highest BCUT2D eigenvalue weighted by Crippen LogP contribution is 2.15. The van der Waals surface area contributed by atoms with E-state index in [-0.39, 0.29) is 17.6 Å². The molecule has 0 aliphatic rings. The Kier molecular flexibility index (Phi) is 6.40. The Morgan fingerprint density at radius 3 is 2.25 bits per heavy atom. The van der Waals surface area contributed by atoms with Crippen molar-refractivity contribution in [3.63, 3.8) is 0 Å². The van der Waals surface area contributed by atoms with Crippen LogP contribution in [0.1, 0.15) is 26.3 Å². The number of carbonyl (C=O) groups is 2. The number of anilines is 1. The Balaban J connectivity index is 1.60. The Hall–Kier alpha value is -3.18. The lowest BCUT2D eigenvalue weighted by Gasteiger charge is -2.09. The van der Waals surface area contributed by atoms with Crippen LogP contribution in [-0.4, -0.2) is 18.4 Å². The standard InChI is InChI=1S/C22H18ClFN2O2/c23-18-8-10-19(11-9-18)26-22(28)17-6-3-5-16(14-17)21(27)25-13-12-15-4-1-2-7-20(15)24/h1-11,14H,12-13H2,(H,25,27)(H,26,28). The molecule has 0 aliphatic heterocycles. The van der Waals surface area contributed by atoms with Crippen LogP contribution in [0, 0.1) is 5.82 Å². The van der Waals surface area contributed by atoms with Crippen LogP contribution in [0.5, 0.6) is 0 Å². The van der Waals surface area contributed by atoms with Gasteiger partial charge in [0.2, 0.25) is 0 Å². The van der Waals surface area contributed by atoms with Crippen molar-refractivity contribution in [3.8, 4) is 0 Å². The second-order valence-electron chi connectivity index (χ2n) is 6.14. The molecule has 2 amide bonds. The van der Waals surface area contributed by atoms with E-state index in [2.05, 4.69) is 10.6 Å². The first-order valence-corrected chi connectivity index (χ1v) is 9.09. The van der Waals surface area contributed by atoms with Crippen LogP contribution >= 0.6 is 11.6 Å². The van der Waals surface area contributed by atoms with Crippen LogP contribution < -0.4 is 10.6 Å². The normalized spacial score (nSPS) is 10.4. The molecule has 0 heterocycles. The van der Waals surface area contributed by atoms with Crippen molar-refractivity contribution in [2.75, 3.05) is 11.9 Å². The van der Waals surface area contributed by atoms with E-state index < -0.39 is 0 Å². The first-order chi connectivity index (χ1) is 13.5. The molecule has 2 N–H and O–H groups in total. The van der Waals surface area contributed by atoms with Gasteiger partial charge in [-0.05, 0) is 60.5 Å². The van der Waals surface area contributed by atoms with Gasteiger partial charge in [-0.3, -0.25) is 9.59 Å². The monoisotopic (exact) mass is 396 g/mol. The second kappa shape index (κ2) is 9.15. The lowest BCUT2D eigenvalue weighted by Crippen LogP contribution is -2.26. The largest absolute Gasteiger partial charge is 0.352 e. The summed E-state index contributed by atoms with van der Waals surface area (Å²) in [5.41, 5.74) is 1.86. The summed E-state index contributed by atoms with van der Waals surface area (Å²) in [4.78, 5) is 24.7. The molecule has 3 aromatic carbocycles. The fourth-order valence-electron chi connectivity index (χ4n) is 2.65. The van der Waals surface area contributed by atoms with Crippen LogP contribution in [0.2, 0.25) is 5.02 Å². The van der Waals surface area contributed by atoms with Gasteiger partial charge in [0.1, 0.15) is 5.82 Å². The van der Waals surface area contributed by atoms with E-state index >= 15 is 0 Å². The van der Waals surface area contributed by atoms with Crippen molar-refractivity contribution < 1.29 is 14.0 Å². The van der Waals surface area contributed by atoms with E-state index in [1.165, 1.54) is 12.1 Å². The van der Waals surface area contributed by atoms with Gasteiger partial charge in [0.05, 0.1) is 0 Å². The minimum atomic E-state index is -0.330. The Labute approximate surface area is 167 Å². The summed E-state index contributed by atoms with van der Waals surface area (Å²) >= 11 is 5.83. The van der Waals surface area contributed by atoms with E-state index in [0.29, 0.717) is 40.4 Å². The van der Waals surface area contributed by atoms with Gasteiger partial charge >= 0.3 is 0 Å². The molecule has 6 heteroatoms. The quantitative estimate of drug-likeness (QED) is 0.634. The van der Waals surface area contributed by atoms with Gasteiger partial charge in [0.15, 0.2) is 0 Å². The summed E-state index contributed by atoms with van der Waals surface area (Å²) in [5, 5.41) is 6.07. The average Bonchev–Trinajstić information content (AvgIpc) is 2.71. The molecule has 28 heavy (non-hydrogen) atoms. The Morgan fingerprint density at radius 1 is 0.857 bits per heavy atom. The van der Waals surface area contributed by atoms with Gasteiger partial charge in [-0.25, -0.2) is 4.39 Å². The zero-order chi connectivity index (χ0) is 19.9. The molecule has 142 valence electrons. The van der Waals surface area contributed by atoms with Crippen molar-refractivity contribution in [1.82, 2.24) is 5.32 Å². The highest BCUT2D eigenvalue weighted by Gasteiger charge is 2.11. The van der Waals surface area contributed by atoms with E-state index in [4.69, 9.17) is 11.6 Å². The van der Waals surface area contributed by atoms with Crippen LogP contribution in [0.3, 0.4) is 0 Å². The molecule has 0 saturated carbocycles. The molecule has 0 spiro atoms.